The van der Waals surface area contributed by atoms with E-state index in [1.807, 2.05) is 42.7 Å². The Bertz CT molecular complexity index is 545. The van der Waals surface area contributed by atoms with Crippen LogP contribution in [0.25, 0.3) is 0 Å². The van der Waals surface area contributed by atoms with Gasteiger partial charge < -0.3 is 10.1 Å². The van der Waals surface area contributed by atoms with Gasteiger partial charge in [0.15, 0.2) is 0 Å². The second-order valence-corrected chi connectivity index (χ2v) is 4.99. The zero-order valence-electron chi connectivity index (χ0n) is 11.8. The van der Waals surface area contributed by atoms with Gasteiger partial charge in [-0.3, -0.25) is 4.98 Å². The number of ether oxygens (including phenoxy) is 1. The average Bonchev–Trinajstić information content (AvgIpc) is 2.48. The molecule has 2 rings (SSSR count). The third-order valence-electron chi connectivity index (χ3n) is 3.21. The first-order valence-corrected chi connectivity index (χ1v) is 7.08. The summed E-state index contributed by atoms with van der Waals surface area (Å²) in [6.07, 6.45) is 4.49. The van der Waals surface area contributed by atoms with Crippen molar-refractivity contribution in [1.82, 2.24) is 10.3 Å². The van der Waals surface area contributed by atoms with Crippen molar-refractivity contribution in [3.63, 3.8) is 0 Å². The van der Waals surface area contributed by atoms with Crippen molar-refractivity contribution in [3.8, 4) is 5.75 Å². The quantitative estimate of drug-likeness (QED) is 0.882. The lowest BCUT2D eigenvalue weighted by molar-refractivity contribution is 0.399. The predicted octanol–water partition coefficient (Wildman–Crippen LogP) is 3.64. The molecule has 20 heavy (non-hydrogen) atoms. The number of methoxy groups -OCH3 is 1. The molecule has 1 N–H and O–H groups in total. The van der Waals surface area contributed by atoms with Crippen LogP contribution in [0, 0.1) is 0 Å². The molecule has 0 spiro atoms. The Hall–Kier alpha value is -1.58. The van der Waals surface area contributed by atoms with E-state index in [4.69, 9.17) is 16.3 Å². The van der Waals surface area contributed by atoms with E-state index in [0.717, 1.165) is 29.3 Å². The van der Waals surface area contributed by atoms with Gasteiger partial charge in [0, 0.05) is 29.0 Å². The lowest BCUT2D eigenvalue weighted by Gasteiger charge is -2.21. The molecular formula is C16H19ClN2O. The van der Waals surface area contributed by atoms with Crippen LogP contribution in [0.15, 0.2) is 42.7 Å². The van der Waals surface area contributed by atoms with Gasteiger partial charge in [0.1, 0.15) is 5.75 Å². The van der Waals surface area contributed by atoms with Gasteiger partial charge in [0.05, 0.1) is 7.11 Å². The van der Waals surface area contributed by atoms with Crippen molar-refractivity contribution in [2.75, 3.05) is 13.7 Å². The summed E-state index contributed by atoms with van der Waals surface area (Å²) in [5, 5.41) is 4.21. The molecule has 0 bridgehead atoms. The van der Waals surface area contributed by atoms with Crippen LogP contribution in [-0.2, 0) is 6.42 Å². The highest BCUT2D eigenvalue weighted by molar-refractivity contribution is 6.30. The van der Waals surface area contributed by atoms with Gasteiger partial charge in [-0.25, -0.2) is 0 Å². The van der Waals surface area contributed by atoms with E-state index < -0.39 is 0 Å². The van der Waals surface area contributed by atoms with Crippen molar-refractivity contribution in [2.45, 2.75) is 19.4 Å². The molecule has 0 fully saturated rings. The molecule has 0 aliphatic rings. The van der Waals surface area contributed by atoms with Crippen molar-refractivity contribution >= 4 is 11.6 Å². The predicted molar refractivity (Wildman–Crippen MR) is 82.4 cm³/mol. The molecule has 1 unspecified atom stereocenters. The van der Waals surface area contributed by atoms with Gasteiger partial charge in [-0.05, 0) is 48.9 Å². The minimum atomic E-state index is 0.163. The third-order valence-corrected chi connectivity index (χ3v) is 3.44. The van der Waals surface area contributed by atoms with E-state index in [1.54, 1.807) is 7.11 Å². The Morgan fingerprint density at radius 1 is 1.25 bits per heavy atom. The van der Waals surface area contributed by atoms with Crippen LogP contribution in [0.4, 0.5) is 0 Å². The first-order valence-electron chi connectivity index (χ1n) is 6.70. The van der Waals surface area contributed by atoms with Gasteiger partial charge in [0.2, 0.25) is 0 Å². The summed E-state index contributed by atoms with van der Waals surface area (Å²) in [6.45, 7) is 2.97. The monoisotopic (exact) mass is 290 g/mol. The van der Waals surface area contributed by atoms with Gasteiger partial charge >= 0.3 is 0 Å². The fraction of sp³-hybridized carbons (Fsp3) is 0.312. The number of likely N-dealkylation sites (N-methyl/N-ethyl adjacent to an activating group) is 1. The molecule has 1 heterocycles. The summed E-state index contributed by atoms with van der Waals surface area (Å²) in [5.74, 6) is 0.856. The van der Waals surface area contributed by atoms with Crippen LogP contribution in [0.5, 0.6) is 5.75 Å². The Morgan fingerprint density at radius 3 is 2.65 bits per heavy atom. The number of hydrogen-bond acceptors (Lipinski definition) is 3. The number of benzene rings is 1. The lowest BCUT2D eigenvalue weighted by atomic mass is 9.98. The van der Waals surface area contributed by atoms with E-state index in [0.29, 0.717) is 0 Å². The number of pyridine rings is 1. The molecule has 1 aromatic heterocycles. The lowest BCUT2D eigenvalue weighted by Crippen LogP contribution is -2.23. The first kappa shape index (κ1) is 14.8. The smallest absolute Gasteiger partial charge is 0.123 e. The van der Waals surface area contributed by atoms with Crippen molar-refractivity contribution < 1.29 is 4.74 Å². The molecule has 0 aliphatic carbocycles. The topological polar surface area (TPSA) is 34.2 Å². The van der Waals surface area contributed by atoms with Crippen LogP contribution >= 0.6 is 11.6 Å². The molecule has 0 saturated carbocycles. The zero-order valence-corrected chi connectivity index (χ0v) is 12.5. The maximum Gasteiger partial charge on any atom is 0.123 e. The largest absolute Gasteiger partial charge is 0.496 e. The number of aromatic nitrogens is 1. The van der Waals surface area contributed by atoms with Crippen LogP contribution < -0.4 is 10.1 Å². The van der Waals surface area contributed by atoms with Crippen molar-refractivity contribution in [1.29, 1.82) is 0 Å². The molecule has 4 heteroatoms. The summed E-state index contributed by atoms with van der Waals surface area (Å²) in [5.41, 5.74) is 2.31. The molecule has 1 atom stereocenters. The minimum absolute atomic E-state index is 0.163. The molecule has 0 saturated heterocycles. The summed E-state index contributed by atoms with van der Waals surface area (Å²) >= 11 is 6.13. The van der Waals surface area contributed by atoms with Crippen LogP contribution in [0.3, 0.4) is 0 Å². The molecular weight excluding hydrogens is 272 g/mol. The number of rotatable bonds is 6. The van der Waals surface area contributed by atoms with E-state index >= 15 is 0 Å². The Labute approximate surface area is 124 Å². The fourth-order valence-electron chi connectivity index (χ4n) is 2.27. The van der Waals surface area contributed by atoms with Crippen LogP contribution in [-0.4, -0.2) is 18.6 Å². The second kappa shape index (κ2) is 7.27. The standard InChI is InChI=1S/C16H19ClN2O/c1-3-19-15(10-12-6-8-18-9-7-12)14-11-13(17)4-5-16(14)20-2/h4-9,11,15,19H,3,10H2,1-2H3. The second-order valence-electron chi connectivity index (χ2n) is 4.56. The van der Waals surface area contributed by atoms with Crippen molar-refractivity contribution in [3.05, 3.63) is 58.9 Å². The Morgan fingerprint density at radius 2 is 2.00 bits per heavy atom. The first-order chi connectivity index (χ1) is 9.74. The maximum atomic E-state index is 6.13. The van der Waals surface area contributed by atoms with E-state index in [-0.39, 0.29) is 6.04 Å². The SMILES string of the molecule is CCNC(Cc1ccncc1)c1cc(Cl)ccc1OC. The number of nitrogens with one attached hydrogen (secondary N) is 1. The number of hydrogen-bond donors (Lipinski definition) is 1. The van der Waals surface area contributed by atoms with Crippen LogP contribution in [0.1, 0.15) is 24.1 Å². The zero-order chi connectivity index (χ0) is 14.4. The van der Waals surface area contributed by atoms with Gasteiger partial charge in [0.25, 0.3) is 0 Å². The third kappa shape index (κ3) is 3.71. The molecule has 1 aromatic carbocycles. The summed E-state index contributed by atoms with van der Waals surface area (Å²) < 4.78 is 5.45. The number of halogens is 1. The fourth-order valence-corrected chi connectivity index (χ4v) is 2.45. The van der Waals surface area contributed by atoms with Gasteiger partial charge in [-0.15, -0.1) is 0 Å². The van der Waals surface area contributed by atoms with Crippen molar-refractivity contribution in [2.24, 2.45) is 0 Å². The Balaban J connectivity index is 2.30. The van der Waals surface area contributed by atoms with E-state index in [1.165, 1.54) is 5.56 Å². The average molecular weight is 291 g/mol. The molecule has 2 aromatic rings. The Kier molecular flexibility index (Phi) is 5.39. The highest BCUT2D eigenvalue weighted by Gasteiger charge is 2.16. The maximum absolute atomic E-state index is 6.13. The molecule has 106 valence electrons. The number of nitrogens with zero attached hydrogens (tertiary/aromatic N) is 1. The van der Waals surface area contributed by atoms with E-state index in [9.17, 15) is 0 Å². The van der Waals surface area contributed by atoms with Gasteiger partial charge in [-0.1, -0.05) is 18.5 Å². The molecule has 0 amide bonds. The normalized spacial score (nSPS) is 12.2. The highest BCUT2D eigenvalue weighted by atomic mass is 35.5. The summed E-state index contributed by atoms with van der Waals surface area (Å²) in [6, 6.07) is 9.95. The highest BCUT2D eigenvalue weighted by Crippen LogP contribution is 2.30. The molecule has 3 nitrogen and oxygen atoms in total. The van der Waals surface area contributed by atoms with Crippen LogP contribution in [0.2, 0.25) is 5.02 Å². The molecule has 0 aliphatic heterocycles. The van der Waals surface area contributed by atoms with Gasteiger partial charge in [-0.2, -0.15) is 0 Å². The minimum Gasteiger partial charge on any atom is -0.496 e. The molecule has 0 radical (unpaired) electrons. The summed E-state index contributed by atoms with van der Waals surface area (Å²) in [4.78, 5) is 4.05. The summed E-state index contributed by atoms with van der Waals surface area (Å²) in [7, 11) is 1.68. The van der Waals surface area contributed by atoms with E-state index in [2.05, 4.69) is 17.2 Å².